The van der Waals surface area contributed by atoms with E-state index in [1.807, 2.05) is 0 Å². The average molecular weight is 744 g/mol. The molecule has 0 aromatic rings. The van der Waals surface area contributed by atoms with Gasteiger partial charge < -0.3 is 15.2 Å². The summed E-state index contributed by atoms with van der Waals surface area (Å²) in [6.07, 6.45) is 52.9. The summed E-state index contributed by atoms with van der Waals surface area (Å²) in [5.74, 6) is -1.26. The summed E-state index contributed by atoms with van der Waals surface area (Å²) in [6, 6.07) is 0. The van der Waals surface area contributed by atoms with Crippen molar-refractivity contribution in [3.8, 4) is 0 Å². The number of hydrogen-bond donors (Lipinski definition) is 2. The summed E-state index contributed by atoms with van der Waals surface area (Å²) in [4.78, 5) is 34.9. The number of unbranched alkanes of at least 4 members (excludes halogenated alkanes) is 26. The van der Waals surface area contributed by atoms with Crippen molar-refractivity contribution >= 4 is 17.8 Å². The number of esters is 1. The van der Waals surface area contributed by atoms with Crippen LogP contribution in [0.1, 0.15) is 232 Å². The molecule has 2 N–H and O–H groups in total. The fraction of sp³-hybridized carbons (Fsp3) is 0.809. The van der Waals surface area contributed by atoms with E-state index in [0.717, 1.165) is 70.6 Å². The predicted octanol–water partition coefficient (Wildman–Crippen LogP) is 14.1. The van der Waals surface area contributed by atoms with Crippen LogP contribution in [0.2, 0.25) is 0 Å². The number of amides is 1. The van der Waals surface area contributed by atoms with E-state index in [2.05, 4.69) is 55.6 Å². The molecule has 0 saturated heterocycles. The van der Waals surface area contributed by atoms with E-state index in [9.17, 15) is 14.4 Å². The second-order valence-electron chi connectivity index (χ2n) is 15.3. The van der Waals surface area contributed by atoms with Gasteiger partial charge in [0.25, 0.3) is 0 Å². The van der Waals surface area contributed by atoms with E-state index in [1.165, 1.54) is 135 Å². The first-order valence-corrected chi connectivity index (χ1v) is 22.6. The monoisotopic (exact) mass is 744 g/mol. The quantitative estimate of drug-likeness (QED) is 0.0369. The number of carbonyl (C=O) groups is 3. The van der Waals surface area contributed by atoms with Crippen molar-refractivity contribution in [1.29, 1.82) is 0 Å². The van der Waals surface area contributed by atoms with Gasteiger partial charge in [-0.05, 0) is 76.7 Å². The Morgan fingerprint density at radius 1 is 0.509 bits per heavy atom. The van der Waals surface area contributed by atoms with Crippen LogP contribution in [0.15, 0.2) is 36.5 Å². The Morgan fingerprint density at radius 2 is 0.925 bits per heavy atom. The number of ether oxygens (including phenoxy) is 1. The first-order chi connectivity index (χ1) is 26.0. The Balaban J connectivity index is 4.06. The molecule has 1 amide bonds. The molecule has 6 heteroatoms. The molecule has 0 aliphatic carbocycles. The second kappa shape index (κ2) is 42.4. The molecule has 308 valence electrons. The fourth-order valence-corrected chi connectivity index (χ4v) is 6.63. The van der Waals surface area contributed by atoms with E-state index in [-0.39, 0.29) is 24.5 Å². The lowest BCUT2D eigenvalue weighted by Gasteiger charge is -2.15. The molecule has 0 radical (unpaired) electrons. The van der Waals surface area contributed by atoms with Crippen LogP contribution in [0.5, 0.6) is 0 Å². The van der Waals surface area contributed by atoms with Crippen LogP contribution in [0.3, 0.4) is 0 Å². The van der Waals surface area contributed by atoms with Gasteiger partial charge in [-0.1, -0.05) is 179 Å². The number of allylic oxidation sites excluding steroid dienone is 5. The number of carboxylic acids is 1. The highest BCUT2D eigenvalue weighted by molar-refractivity contribution is 5.80. The van der Waals surface area contributed by atoms with Gasteiger partial charge in [0.15, 0.2) is 0 Å². The Kier molecular flexibility index (Phi) is 40.5. The van der Waals surface area contributed by atoms with Crippen molar-refractivity contribution < 1.29 is 24.2 Å². The second-order valence-corrected chi connectivity index (χ2v) is 15.3. The molecule has 0 aliphatic rings. The van der Waals surface area contributed by atoms with Crippen molar-refractivity contribution in [2.24, 2.45) is 0 Å². The van der Waals surface area contributed by atoms with Gasteiger partial charge in [-0.25, -0.2) is 0 Å². The predicted molar refractivity (Wildman–Crippen MR) is 226 cm³/mol. The summed E-state index contributed by atoms with van der Waals surface area (Å²) < 4.78 is 5.96. The van der Waals surface area contributed by atoms with Crippen molar-refractivity contribution in [2.45, 2.75) is 238 Å². The zero-order chi connectivity index (χ0) is 38.7. The Bertz CT molecular complexity index is 911. The van der Waals surface area contributed by atoms with Gasteiger partial charge in [-0.2, -0.15) is 0 Å². The van der Waals surface area contributed by atoms with Crippen LogP contribution in [0, 0.1) is 0 Å². The number of carboxylic acid groups (broad SMARTS) is 1. The maximum absolute atomic E-state index is 12.7. The Hall–Kier alpha value is -2.37. The molecule has 1 unspecified atom stereocenters. The average Bonchev–Trinajstić information content (AvgIpc) is 3.14. The molecule has 0 saturated carbocycles. The van der Waals surface area contributed by atoms with E-state index >= 15 is 0 Å². The number of aliphatic carboxylic acids is 1. The van der Waals surface area contributed by atoms with E-state index in [1.54, 1.807) is 0 Å². The highest BCUT2D eigenvalue weighted by Crippen LogP contribution is 2.16. The zero-order valence-electron chi connectivity index (χ0n) is 34.9. The number of rotatable bonds is 41. The maximum atomic E-state index is 12.7. The Labute approximate surface area is 327 Å². The van der Waals surface area contributed by atoms with Crippen LogP contribution < -0.4 is 5.32 Å². The van der Waals surface area contributed by atoms with Gasteiger partial charge in [0.2, 0.25) is 5.91 Å². The van der Waals surface area contributed by atoms with Gasteiger partial charge >= 0.3 is 11.9 Å². The molecule has 0 bridgehead atoms. The summed E-state index contributed by atoms with van der Waals surface area (Å²) in [5.41, 5.74) is 0. The normalized spacial score (nSPS) is 12.3. The summed E-state index contributed by atoms with van der Waals surface area (Å²) in [5, 5.41) is 11.1. The first-order valence-electron chi connectivity index (χ1n) is 22.6. The van der Waals surface area contributed by atoms with Gasteiger partial charge in [0.1, 0.15) is 12.6 Å². The van der Waals surface area contributed by atoms with Gasteiger partial charge in [-0.15, -0.1) is 0 Å². The third-order valence-corrected chi connectivity index (χ3v) is 10.0. The molecule has 0 fully saturated rings. The molecule has 0 rings (SSSR count). The van der Waals surface area contributed by atoms with E-state index < -0.39 is 5.97 Å². The van der Waals surface area contributed by atoms with Gasteiger partial charge in [-0.3, -0.25) is 14.4 Å². The van der Waals surface area contributed by atoms with E-state index in [4.69, 9.17) is 9.84 Å². The van der Waals surface area contributed by atoms with Crippen molar-refractivity contribution in [3.63, 3.8) is 0 Å². The van der Waals surface area contributed by atoms with Crippen LogP contribution >= 0.6 is 0 Å². The minimum atomic E-state index is -1.02. The molecule has 1 atom stereocenters. The molecule has 6 nitrogen and oxygen atoms in total. The lowest BCUT2D eigenvalue weighted by Crippen LogP contribution is -2.28. The number of hydrogen-bond acceptors (Lipinski definition) is 4. The molecule has 0 spiro atoms. The van der Waals surface area contributed by atoms with E-state index in [0.29, 0.717) is 12.8 Å². The maximum Gasteiger partial charge on any atom is 0.322 e. The SMILES string of the molecule is CCCCCCC/C=C\C/C=C\CCCCCCCCCCCC(=O)OC(/C=C\CCCCCCCCC)CCCCCCCCC(=O)NCC(=O)O. The lowest BCUT2D eigenvalue weighted by molar-refractivity contribution is -0.147. The summed E-state index contributed by atoms with van der Waals surface area (Å²) >= 11 is 0. The fourth-order valence-electron chi connectivity index (χ4n) is 6.63. The Morgan fingerprint density at radius 3 is 1.42 bits per heavy atom. The van der Waals surface area contributed by atoms with Gasteiger partial charge in [0, 0.05) is 12.8 Å². The third-order valence-electron chi connectivity index (χ3n) is 10.0. The highest BCUT2D eigenvalue weighted by atomic mass is 16.5. The topological polar surface area (TPSA) is 92.7 Å². The lowest BCUT2D eigenvalue weighted by atomic mass is 10.0. The molecular formula is C47H85NO5. The molecular weight excluding hydrogens is 659 g/mol. The van der Waals surface area contributed by atoms with Crippen molar-refractivity contribution in [1.82, 2.24) is 5.32 Å². The first kappa shape index (κ1) is 50.6. The summed E-state index contributed by atoms with van der Waals surface area (Å²) in [7, 11) is 0. The van der Waals surface area contributed by atoms with Gasteiger partial charge in [0.05, 0.1) is 0 Å². The largest absolute Gasteiger partial charge is 0.480 e. The van der Waals surface area contributed by atoms with Crippen LogP contribution in [0.25, 0.3) is 0 Å². The van der Waals surface area contributed by atoms with Crippen molar-refractivity contribution in [3.05, 3.63) is 36.5 Å². The molecule has 0 aliphatic heterocycles. The molecule has 53 heavy (non-hydrogen) atoms. The number of carbonyl (C=O) groups excluding carboxylic acids is 2. The number of nitrogens with one attached hydrogen (secondary N) is 1. The minimum absolute atomic E-state index is 0.0559. The zero-order valence-corrected chi connectivity index (χ0v) is 34.9. The third kappa shape index (κ3) is 42.2. The van der Waals surface area contributed by atoms with Crippen molar-refractivity contribution in [2.75, 3.05) is 6.54 Å². The standard InChI is InChI=1S/C47H85NO5/c1-3-5-7-9-11-13-14-15-16-17-18-19-20-21-22-23-24-26-28-34-38-42-47(52)53-44(39-35-31-27-25-12-10-8-6-4-2)40-36-32-29-30-33-37-41-45(49)48-43-46(50)51/h14-15,17-18,35,39,44H,3-13,16,19-34,36-38,40-43H2,1-2H3,(H,48,49)(H,50,51)/b15-14-,18-17-,39-35-. The van der Waals surface area contributed by atoms with Crippen LogP contribution in [-0.2, 0) is 19.1 Å². The summed E-state index contributed by atoms with van der Waals surface area (Å²) in [6.45, 7) is 4.21. The minimum Gasteiger partial charge on any atom is -0.480 e. The highest BCUT2D eigenvalue weighted by Gasteiger charge is 2.12. The van der Waals surface area contributed by atoms with Crippen LogP contribution in [-0.4, -0.2) is 35.6 Å². The smallest absolute Gasteiger partial charge is 0.322 e. The molecule has 0 aromatic carbocycles. The van der Waals surface area contributed by atoms with Crippen LogP contribution in [0.4, 0.5) is 0 Å². The molecule has 0 heterocycles. The molecule has 0 aromatic heterocycles.